The first kappa shape index (κ1) is 15.0. The number of anilines is 1. The number of nitrogens with zero attached hydrogens (tertiary/aromatic N) is 1. The van der Waals surface area contributed by atoms with Crippen molar-refractivity contribution in [1.82, 2.24) is 0 Å². The first-order valence-electron chi connectivity index (χ1n) is 6.76. The van der Waals surface area contributed by atoms with Gasteiger partial charge in [0.1, 0.15) is 5.82 Å². The van der Waals surface area contributed by atoms with E-state index in [1.807, 2.05) is 36.3 Å². The highest BCUT2D eigenvalue weighted by atomic mass is 32.1. The van der Waals surface area contributed by atoms with Gasteiger partial charge in [0.05, 0.1) is 18.3 Å². The molecule has 0 aliphatic heterocycles. The van der Waals surface area contributed by atoms with Crippen LogP contribution in [0.15, 0.2) is 35.7 Å². The Balaban J connectivity index is 2.44. The topological polar surface area (TPSA) is 23.5 Å². The smallest absolute Gasteiger partial charge is 0.146 e. The van der Waals surface area contributed by atoms with Crippen LogP contribution in [0.2, 0.25) is 0 Å². The Morgan fingerprint density at radius 1 is 1.20 bits per heavy atom. The minimum absolute atomic E-state index is 0.145. The molecular weight excluding hydrogens is 273 g/mol. The molecule has 0 aliphatic carbocycles. The second-order valence-electron chi connectivity index (χ2n) is 5.15. The second-order valence-corrected chi connectivity index (χ2v) is 6.19. The number of rotatable bonds is 5. The van der Waals surface area contributed by atoms with Gasteiger partial charge in [0.2, 0.25) is 0 Å². The van der Waals surface area contributed by atoms with Crippen molar-refractivity contribution in [3.63, 3.8) is 0 Å². The standard InChI is InChI=1S/C16H20FNOS/c1-11(2)18(10-13-6-5-9-20-13)16-14(12(3)19)7-4-8-15(16)17/h4-9,11-12,19H,10H2,1-3H3/t12-/m1/s1. The molecule has 108 valence electrons. The van der Waals surface area contributed by atoms with Gasteiger partial charge in [-0.1, -0.05) is 18.2 Å². The Hall–Kier alpha value is -1.39. The molecule has 0 bridgehead atoms. The number of hydrogen-bond acceptors (Lipinski definition) is 3. The Bertz CT molecular complexity index is 552. The summed E-state index contributed by atoms with van der Waals surface area (Å²) in [5.41, 5.74) is 1.14. The van der Waals surface area contributed by atoms with Crippen molar-refractivity contribution in [2.24, 2.45) is 0 Å². The van der Waals surface area contributed by atoms with Crippen molar-refractivity contribution in [2.45, 2.75) is 39.5 Å². The van der Waals surface area contributed by atoms with E-state index in [9.17, 15) is 9.50 Å². The summed E-state index contributed by atoms with van der Waals surface area (Å²) >= 11 is 1.66. The maximum Gasteiger partial charge on any atom is 0.146 e. The molecule has 0 saturated heterocycles. The summed E-state index contributed by atoms with van der Waals surface area (Å²) in [7, 11) is 0. The molecule has 2 rings (SSSR count). The van der Waals surface area contributed by atoms with Crippen LogP contribution in [0, 0.1) is 5.82 Å². The molecule has 0 spiro atoms. The predicted molar refractivity (Wildman–Crippen MR) is 82.7 cm³/mol. The van der Waals surface area contributed by atoms with Gasteiger partial charge in [-0.05, 0) is 38.3 Å². The lowest BCUT2D eigenvalue weighted by Gasteiger charge is -2.31. The number of para-hydroxylation sites is 1. The molecule has 2 nitrogen and oxygen atoms in total. The molecule has 0 fully saturated rings. The first-order chi connectivity index (χ1) is 9.50. The van der Waals surface area contributed by atoms with Gasteiger partial charge in [-0.3, -0.25) is 0 Å². The Morgan fingerprint density at radius 3 is 2.50 bits per heavy atom. The van der Waals surface area contributed by atoms with E-state index in [0.717, 1.165) is 0 Å². The van der Waals surface area contributed by atoms with Gasteiger partial charge in [0.15, 0.2) is 0 Å². The SMILES string of the molecule is CC(C)N(Cc1cccs1)c1c(F)cccc1[C@@H](C)O. The molecule has 0 saturated carbocycles. The van der Waals surface area contributed by atoms with Crippen LogP contribution in [0.25, 0.3) is 0 Å². The lowest BCUT2D eigenvalue weighted by atomic mass is 10.1. The first-order valence-corrected chi connectivity index (χ1v) is 7.64. The maximum atomic E-state index is 14.3. The van der Waals surface area contributed by atoms with Crippen LogP contribution in [0.1, 0.15) is 37.3 Å². The number of benzene rings is 1. The van der Waals surface area contributed by atoms with Gasteiger partial charge in [0, 0.05) is 16.5 Å². The second kappa shape index (κ2) is 6.37. The maximum absolute atomic E-state index is 14.3. The molecule has 0 unspecified atom stereocenters. The molecule has 2 aromatic rings. The number of aliphatic hydroxyl groups excluding tert-OH is 1. The molecule has 0 amide bonds. The van der Waals surface area contributed by atoms with E-state index in [1.165, 1.54) is 10.9 Å². The fraction of sp³-hybridized carbons (Fsp3) is 0.375. The summed E-state index contributed by atoms with van der Waals surface area (Å²) in [6, 6.07) is 9.06. The molecule has 1 aromatic carbocycles. The lowest BCUT2D eigenvalue weighted by Crippen LogP contribution is -2.31. The van der Waals surface area contributed by atoms with E-state index < -0.39 is 6.10 Å². The zero-order chi connectivity index (χ0) is 14.7. The van der Waals surface area contributed by atoms with E-state index >= 15 is 0 Å². The quantitative estimate of drug-likeness (QED) is 0.885. The van der Waals surface area contributed by atoms with Gasteiger partial charge in [-0.15, -0.1) is 11.3 Å². The van der Waals surface area contributed by atoms with Crippen molar-refractivity contribution < 1.29 is 9.50 Å². The Morgan fingerprint density at radius 2 is 1.95 bits per heavy atom. The molecule has 1 atom stereocenters. The van der Waals surface area contributed by atoms with Crippen LogP contribution in [0.4, 0.5) is 10.1 Å². The average molecular weight is 293 g/mol. The van der Waals surface area contributed by atoms with Gasteiger partial charge in [-0.25, -0.2) is 4.39 Å². The molecule has 1 heterocycles. The summed E-state index contributed by atoms with van der Waals surface area (Å²) in [5, 5.41) is 11.9. The Labute approximate surface area is 123 Å². The molecule has 0 radical (unpaired) electrons. The van der Waals surface area contributed by atoms with Crippen LogP contribution in [-0.4, -0.2) is 11.1 Å². The van der Waals surface area contributed by atoms with Crippen LogP contribution in [-0.2, 0) is 6.54 Å². The predicted octanol–water partition coefficient (Wildman–Crippen LogP) is 4.36. The van der Waals surface area contributed by atoms with Crippen LogP contribution in [0.3, 0.4) is 0 Å². The third-order valence-corrected chi connectivity index (χ3v) is 4.15. The van der Waals surface area contributed by atoms with Crippen molar-refractivity contribution in [3.05, 3.63) is 52.0 Å². The minimum atomic E-state index is -0.690. The zero-order valence-corrected chi connectivity index (χ0v) is 12.8. The van der Waals surface area contributed by atoms with Gasteiger partial charge in [0.25, 0.3) is 0 Å². The van der Waals surface area contributed by atoms with Gasteiger partial charge >= 0.3 is 0 Å². The highest BCUT2D eigenvalue weighted by Gasteiger charge is 2.21. The molecule has 0 aliphatic rings. The van der Waals surface area contributed by atoms with E-state index in [2.05, 4.69) is 0 Å². The molecule has 1 N–H and O–H groups in total. The highest BCUT2D eigenvalue weighted by molar-refractivity contribution is 7.09. The van der Waals surface area contributed by atoms with E-state index in [0.29, 0.717) is 17.8 Å². The van der Waals surface area contributed by atoms with E-state index in [1.54, 1.807) is 30.4 Å². The number of aliphatic hydroxyl groups is 1. The largest absolute Gasteiger partial charge is 0.389 e. The van der Waals surface area contributed by atoms with E-state index in [-0.39, 0.29) is 11.9 Å². The van der Waals surface area contributed by atoms with E-state index in [4.69, 9.17) is 0 Å². The fourth-order valence-electron chi connectivity index (χ4n) is 2.26. The number of thiophene rings is 1. The van der Waals surface area contributed by atoms with Crippen molar-refractivity contribution in [2.75, 3.05) is 4.90 Å². The molecule has 20 heavy (non-hydrogen) atoms. The minimum Gasteiger partial charge on any atom is -0.389 e. The zero-order valence-electron chi connectivity index (χ0n) is 12.0. The van der Waals surface area contributed by atoms with Crippen molar-refractivity contribution >= 4 is 17.0 Å². The average Bonchev–Trinajstić information content (AvgIpc) is 2.88. The molecular formula is C16H20FNOS. The lowest BCUT2D eigenvalue weighted by molar-refractivity contribution is 0.199. The molecule has 1 aromatic heterocycles. The number of hydrogen-bond donors (Lipinski definition) is 1. The summed E-state index contributed by atoms with van der Waals surface area (Å²) < 4.78 is 14.3. The van der Waals surface area contributed by atoms with Crippen molar-refractivity contribution in [3.8, 4) is 0 Å². The summed E-state index contributed by atoms with van der Waals surface area (Å²) in [6.07, 6.45) is -0.690. The highest BCUT2D eigenvalue weighted by Crippen LogP contribution is 2.32. The summed E-state index contributed by atoms with van der Waals surface area (Å²) in [4.78, 5) is 3.18. The van der Waals surface area contributed by atoms with Crippen LogP contribution < -0.4 is 4.90 Å². The van der Waals surface area contributed by atoms with Gasteiger partial charge < -0.3 is 10.0 Å². The third kappa shape index (κ3) is 3.19. The third-order valence-electron chi connectivity index (χ3n) is 3.28. The van der Waals surface area contributed by atoms with Crippen LogP contribution in [0.5, 0.6) is 0 Å². The fourth-order valence-corrected chi connectivity index (χ4v) is 2.97. The monoisotopic (exact) mass is 293 g/mol. The van der Waals surface area contributed by atoms with Gasteiger partial charge in [-0.2, -0.15) is 0 Å². The van der Waals surface area contributed by atoms with Crippen molar-refractivity contribution in [1.29, 1.82) is 0 Å². The Kier molecular flexibility index (Phi) is 4.78. The summed E-state index contributed by atoms with van der Waals surface area (Å²) in [6.45, 7) is 6.38. The summed E-state index contributed by atoms with van der Waals surface area (Å²) in [5.74, 6) is -0.284. The molecule has 4 heteroatoms. The normalized spacial score (nSPS) is 12.7. The van der Waals surface area contributed by atoms with Crippen LogP contribution >= 0.6 is 11.3 Å². The number of halogens is 1.